The van der Waals surface area contributed by atoms with Gasteiger partial charge < -0.3 is 4.74 Å². The average Bonchev–Trinajstić information content (AvgIpc) is 3.24. The van der Waals surface area contributed by atoms with E-state index >= 15 is 0 Å². The van der Waals surface area contributed by atoms with Gasteiger partial charge in [-0.2, -0.15) is 0 Å². The monoisotopic (exact) mass is 675 g/mol. The summed E-state index contributed by atoms with van der Waals surface area (Å²) in [6.45, 7) is 0. The van der Waals surface area contributed by atoms with Gasteiger partial charge in [-0.05, 0) is 61.8 Å². The van der Waals surface area contributed by atoms with E-state index in [1.54, 1.807) is 0 Å². The topological polar surface area (TPSA) is 47.9 Å². The predicted octanol–water partition coefficient (Wildman–Crippen LogP) is 12.9. The van der Waals surface area contributed by atoms with Crippen LogP contribution in [0.15, 0.2) is 176 Å². The van der Waals surface area contributed by atoms with Crippen molar-refractivity contribution in [1.29, 1.82) is 0 Å². The first-order valence-corrected chi connectivity index (χ1v) is 17.9. The number of benzene rings is 9. The molecule has 0 atom stereocenters. The third-order valence-electron chi connectivity index (χ3n) is 10.5. The van der Waals surface area contributed by atoms with Gasteiger partial charge in [0.25, 0.3) is 0 Å². The van der Waals surface area contributed by atoms with Crippen LogP contribution in [0.25, 0.3) is 99.5 Å². The largest absolute Gasteiger partial charge is 0.455 e. The zero-order valence-corrected chi connectivity index (χ0v) is 28.5. The maximum Gasteiger partial charge on any atom is 0.164 e. The van der Waals surface area contributed by atoms with Gasteiger partial charge >= 0.3 is 0 Å². The second-order valence-electron chi connectivity index (χ2n) is 13.5. The molecule has 1 aliphatic rings. The number of rotatable bonds is 5. The fourth-order valence-electron chi connectivity index (χ4n) is 7.98. The van der Waals surface area contributed by atoms with Crippen molar-refractivity contribution in [3.8, 4) is 67.9 Å². The van der Waals surface area contributed by atoms with Crippen LogP contribution < -0.4 is 4.74 Å². The standard InChI is InChI=1S/C49H29N3O/c1-3-10-30(11-4-1)37-28-29-41(40-16-8-7-15-39(37)40)49-51-47(35-12-5-2-6-13-35)50-48(52-49)36-24-18-31(19-25-36)38-27-26-34-23-22-33-21-20-32-14-9-17-42-43(32)44(33)45(34)46(38)53-42/h1-29H. The van der Waals surface area contributed by atoms with E-state index in [1.165, 1.54) is 38.1 Å². The van der Waals surface area contributed by atoms with Gasteiger partial charge in [0.15, 0.2) is 17.5 Å². The predicted molar refractivity (Wildman–Crippen MR) is 217 cm³/mol. The van der Waals surface area contributed by atoms with E-state index in [9.17, 15) is 0 Å². The summed E-state index contributed by atoms with van der Waals surface area (Å²) in [5.41, 5.74) is 7.28. The normalized spacial score (nSPS) is 11.9. The Morgan fingerprint density at radius 2 is 0.792 bits per heavy atom. The Bertz CT molecular complexity index is 3060. The lowest BCUT2D eigenvalue weighted by atomic mass is 9.91. The highest BCUT2D eigenvalue weighted by atomic mass is 16.5. The molecule has 0 saturated heterocycles. The Kier molecular flexibility index (Phi) is 6.52. The summed E-state index contributed by atoms with van der Waals surface area (Å²) < 4.78 is 6.75. The van der Waals surface area contributed by atoms with E-state index < -0.39 is 0 Å². The summed E-state index contributed by atoms with van der Waals surface area (Å²) in [5, 5.41) is 9.42. The first kappa shape index (κ1) is 29.5. The fourth-order valence-corrected chi connectivity index (χ4v) is 7.98. The van der Waals surface area contributed by atoms with Crippen LogP contribution in [0.3, 0.4) is 0 Å². The molecule has 246 valence electrons. The van der Waals surface area contributed by atoms with E-state index in [0.717, 1.165) is 55.5 Å². The molecule has 0 saturated carbocycles. The summed E-state index contributed by atoms with van der Waals surface area (Å²) >= 11 is 0. The van der Waals surface area contributed by atoms with Gasteiger partial charge in [0.2, 0.25) is 0 Å². The van der Waals surface area contributed by atoms with Crippen LogP contribution in [-0.2, 0) is 0 Å². The van der Waals surface area contributed by atoms with Gasteiger partial charge in [0, 0.05) is 38.4 Å². The van der Waals surface area contributed by atoms with Crippen LogP contribution in [0, 0.1) is 0 Å². The van der Waals surface area contributed by atoms with E-state index in [0.29, 0.717) is 17.5 Å². The van der Waals surface area contributed by atoms with Crippen molar-refractivity contribution in [3.05, 3.63) is 176 Å². The summed E-state index contributed by atoms with van der Waals surface area (Å²) in [5.74, 6) is 3.68. The Labute approximate surface area is 305 Å². The molecular formula is C49H29N3O. The molecule has 0 bridgehead atoms. The minimum Gasteiger partial charge on any atom is -0.455 e. The Morgan fingerprint density at radius 1 is 0.302 bits per heavy atom. The van der Waals surface area contributed by atoms with Gasteiger partial charge in [-0.25, -0.2) is 15.0 Å². The number of hydrogen-bond acceptors (Lipinski definition) is 4. The third-order valence-corrected chi connectivity index (χ3v) is 10.5. The summed E-state index contributed by atoms with van der Waals surface area (Å²) in [6.07, 6.45) is 0. The van der Waals surface area contributed by atoms with Crippen LogP contribution in [0.1, 0.15) is 0 Å². The van der Waals surface area contributed by atoms with Gasteiger partial charge in [0.1, 0.15) is 11.5 Å². The lowest BCUT2D eigenvalue weighted by Gasteiger charge is -2.22. The molecule has 4 nitrogen and oxygen atoms in total. The van der Waals surface area contributed by atoms with Crippen molar-refractivity contribution in [2.75, 3.05) is 0 Å². The van der Waals surface area contributed by atoms with Crippen molar-refractivity contribution in [3.63, 3.8) is 0 Å². The molecule has 0 N–H and O–H groups in total. The molecule has 11 rings (SSSR count). The molecule has 0 fully saturated rings. The molecule has 53 heavy (non-hydrogen) atoms. The highest BCUT2D eigenvalue weighted by molar-refractivity contribution is 6.26. The number of nitrogens with zero attached hydrogens (tertiary/aromatic N) is 3. The molecule has 2 heterocycles. The maximum absolute atomic E-state index is 6.75. The molecule has 0 spiro atoms. The number of fused-ring (bicyclic) bond motifs is 1. The van der Waals surface area contributed by atoms with Crippen molar-refractivity contribution in [2.45, 2.75) is 0 Å². The van der Waals surface area contributed by atoms with E-state index in [-0.39, 0.29) is 0 Å². The average molecular weight is 676 g/mol. The lowest BCUT2D eigenvalue weighted by molar-refractivity contribution is 0.494. The molecule has 1 aromatic heterocycles. The van der Waals surface area contributed by atoms with E-state index in [4.69, 9.17) is 19.7 Å². The van der Waals surface area contributed by atoms with E-state index in [2.05, 4.69) is 140 Å². The van der Waals surface area contributed by atoms with Crippen LogP contribution in [0.2, 0.25) is 0 Å². The molecule has 4 heteroatoms. The number of aromatic nitrogens is 3. The Hall–Kier alpha value is -7.17. The molecule has 0 unspecified atom stereocenters. The summed E-state index contributed by atoms with van der Waals surface area (Å²) in [4.78, 5) is 15.3. The fraction of sp³-hybridized carbons (Fsp3) is 0. The molecule has 0 amide bonds. The summed E-state index contributed by atoms with van der Waals surface area (Å²) in [6, 6.07) is 61.4. The van der Waals surface area contributed by atoms with Crippen molar-refractivity contribution in [2.24, 2.45) is 0 Å². The minimum absolute atomic E-state index is 0.620. The molecule has 0 radical (unpaired) electrons. The van der Waals surface area contributed by atoms with Crippen LogP contribution in [0.5, 0.6) is 11.5 Å². The Morgan fingerprint density at radius 3 is 1.51 bits per heavy atom. The van der Waals surface area contributed by atoms with Crippen molar-refractivity contribution in [1.82, 2.24) is 15.0 Å². The Balaban J connectivity index is 1.05. The van der Waals surface area contributed by atoms with Crippen molar-refractivity contribution < 1.29 is 4.74 Å². The van der Waals surface area contributed by atoms with Crippen LogP contribution in [-0.4, -0.2) is 15.0 Å². The first-order valence-electron chi connectivity index (χ1n) is 17.9. The van der Waals surface area contributed by atoms with Crippen molar-refractivity contribution >= 4 is 43.1 Å². The first-order chi connectivity index (χ1) is 26.3. The molecular weight excluding hydrogens is 647 g/mol. The van der Waals surface area contributed by atoms with Gasteiger partial charge in [0.05, 0.1) is 0 Å². The third kappa shape index (κ3) is 4.73. The van der Waals surface area contributed by atoms with Crippen LogP contribution >= 0.6 is 0 Å². The van der Waals surface area contributed by atoms with Gasteiger partial charge in [-0.1, -0.05) is 158 Å². The molecule has 1 aliphatic heterocycles. The highest BCUT2D eigenvalue weighted by Crippen LogP contribution is 2.50. The van der Waals surface area contributed by atoms with E-state index in [1.807, 2.05) is 36.4 Å². The molecule has 10 aromatic rings. The second-order valence-corrected chi connectivity index (χ2v) is 13.5. The minimum atomic E-state index is 0.620. The lowest BCUT2D eigenvalue weighted by Crippen LogP contribution is -2.01. The number of hydrogen-bond donors (Lipinski definition) is 0. The van der Waals surface area contributed by atoms with Crippen LogP contribution in [0.4, 0.5) is 0 Å². The second kappa shape index (κ2) is 11.7. The van der Waals surface area contributed by atoms with Gasteiger partial charge in [-0.3, -0.25) is 0 Å². The molecule has 0 aliphatic carbocycles. The zero-order chi connectivity index (χ0) is 34.9. The quantitative estimate of drug-likeness (QED) is 0.170. The highest BCUT2D eigenvalue weighted by Gasteiger charge is 2.23. The SMILES string of the molecule is c1ccc(-c2nc(-c3ccc(-c4ccc5ccc6ccc7cccc8c7c6c5c4O8)cc3)nc(-c3ccc(-c4ccccc4)c4ccccc34)n2)cc1. The summed E-state index contributed by atoms with van der Waals surface area (Å²) in [7, 11) is 0. The van der Waals surface area contributed by atoms with Gasteiger partial charge in [-0.15, -0.1) is 0 Å². The smallest absolute Gasteiger partial charge is 0.164 e. The molecule has 9 aromatic carbocycles. The maximum atomic E-state index is 6.75. The zero-order valence-electron chi connectivity index (χ0n) is 28.5. The number of ether oxygens (including phenoxy) is 1.